The Hall–Kier alpha value is -4.11. The summed E-state index contributed by atoms with van der Waals surface area (Å²) < 4.78 is 10.9. The van der Waals surface area contributed by atoms with Gasteiger partial charge in [-0.05, 0) is 93.0 Å². The van der Waals surface area contributed by atoms with Crippen molar-refractivity contribution in [2.45, 2.75) is 57.5 Å². The molecule has 42 heavy (non-hydrogen) atoms. The molecule has 1 fully saturated rings. The lowest BCUT2D eigenvalue weighted by atomic mass is 9.83. The first-order valence-corrected chi connectivity index (χ1v) is 14.8. The predicted octanol–water partition coefficient (Wildman–Crippen LogP) is 4.77. The van der Waals surface area contributed by atoms with E-state index >= 15 is 0 Å². The van der Waals surface area contributed by atoms with Crippen LogP contribution in [-0.2, 0) is 27.1 Å². The van der Waals surface area contributed by atoms with Gasteiger partial charge < -0.3 is 29.7 Å². The van der Waals surface area contributed by atoms with Gasteiger partial charge in [0.05, 0.1) is 11.7 Å². The summed E-state index contributed by atoms with van der Waals surface area (Å²) in [6.07, 6.45) is 6.07. The molecule has 0 saturated carbocycles. The number of benzene rings is 2. The number of fused-ring (bicyclic) bond motifs is 4. The van der Waals surface area contributed by atoms with Gasteiger partial charge in [-0.25, -0.2) is 4.79 Å². The number of amides is 2. The minimum Gasteiger partial charge on any atom is -0.452 e. The van der Waals surface area contributed by atoms with Crippen LogP contribution < -0.4 is 5.32 Å². The van der Waals surface area contributed by atoms with Gasteiger partial charge in [-0.15, -0.1) is 0 Å². The van der Waals surface area contributed by atoms with Crippen LogP contribution in [0.4, 0.5) is 0 Å². The van der Waals surface area contributed by atoms with Crippen molar-refractivity contribution >= 4 is 39.6 Å². The number of hydrogen-bond acceptors (Lipinski definition) is 5. The molecule has 0 bridgehead atoms. The average Bonchev–Trinajstić information content (AvgIpc) is 3.72. The van der Waals surface area contributed by atoms with E-state index in [-0.39, 0.29) is 24.5 Å². The molecule has 2 unspecified atom stereocenters. The molecule has 0 radical (unpaired) electrons. The smallest absolute Gasteiger partial charge is 0.338 e. The van der Waals surface area contributed by atoms with E-state index in [0.29, 0.717) is 23.6 Å². The third-order valence-electron chi connectivity index (χ3n) is 8.78. The number of aryl methyl sites for hydroxylation is 2. The summed E-state index contributed by atoms with van der Waals surface area (Å²) in [4.78, 5) is 46.0. The van der Waals surface area contributed by atoms with E-state index in [2.05, 4.69) is 22.2 Å². The lowest BCUT2D eigenvalue weighted by Crippen LogP contribution is -2.31. The zero-order chi connectivity index (χ0) is 29.4. The molecule has 1 aliphatic carbocycles. The van der Waals surface area contributed by atoms with Crippen LogP contribution in [0.2, 0.25) is 0 Å². The number of esters is 1. The van der Waals surface area contributed by atoms with Crippen molar-refractivity contribution in [3.05, 3.63) is 70.0 Å². The zero-order valence-electron chi connectivity index (χ0n) is 24.5. The SMILES string of the molecule is Cc1c(CC2CCCc3c2[nH]c2ccc(C(=O)OCC(=O)N(C)C)cc32)[nH]c2ccc(C(=O)NCC3CCCO3)cc12. The van der Waals surface area contributed by atoms with Crippen molar-refractivity contribution in [2.75, 3.05) is 33.9 Å². The molecule has 2 aromatic heterocycles. The van der Waals surface area contributed by atoms with Crippen molar-refractivity contribution in [1.29, 1.82) is 0 Å². The summed E-state index contributed by atoms with van der Waals surface area (Å²) in [5, 5.41) is 5.13. The van der Waals surface area contributed by atoms with Crippen molar-refractivity contribution in [1.82, 2.24) is 20.2 Å². The molecule has 1 aliphatic heterocycles. The van der Waals surface area contributed by atoms with E-state index in [0.717, 1.165) is 66.9 Å². The van der Waals surface area contributed by atoms with Crippen LogP contribution in [0, 0.1) is 6.92 Å². The molecule has 2 atom stereocenters. The largest absolute Gasteiger partial charge is 0.452 e. The monoisotopic (exact) mass is 570 g/mol. The number of likely N-dealkylation sites (N-methyl/N-ethyl adjacent to an activating group) is 1. The Morgan fingerprint density at radius 2 is 1.76 bits per heavy atom. The van der Waals surface area contributed by atoms with Gasteiger partial charge in [-0.1, -0.05) is 0 Å². The molecule has 6 rings (SSSR count). The summed E-state index contributed by atoms with van der Waals surface area (Å²) in [5.41, 5.74) is 7.94. The fourth-order valence-electron chi connectivity index (χ4n) is 6.31. The van der Waals surface area contributed by atoms with Gasteiger partial charge in [-0.3, -0.25) is 9.59 Å². The van der Waals surface area contributed by atoms with E-state index in [1.54, 1.807) is 20.2 Å². The fraction of sp³-hybridized carbons (Fsp3) is 0.424. The standard InChI is InChI=1S/C33H38N4O5/c1-19-25-14-21(32(39)34-17-23-7-5-13-41-23)9-11-27(25)35-29(19)16-20-6-4-8-24-26-15-22(10-12-28(26)36-31(20)24)33(40)42-18-30(38)37(2)3/h9-12,14-15,20,23,35-36H,4-8,13,16-18H2,1-3H3,(H,34,39). The van der Waals surface area contributed by atoms with Crippen LogP contribution in [0.25, 0.3) is 21.8 Å². The third-order valence-corrected chi connectivity index (χ3v) is 8.78. The lowest BCUT2D eigenvalue weighted by Gasteiger charge is -2.22. The number of carbonyl (C=O) groups excluding carboxylic acids is 3. The maximum atomic E-state index is 12.8. The highest BCUT2D eigenvalue weighted by atomic mass is 16.5. The summed E-state index contributed by atoms with van der Waals surface area (Å²) >= 11 is 0. The summed E-state index contributed by atoms with van der Waals surface area (Å²) in [7, 11) is 3.26. The van der Waals surface area contributed by atoms with E-state index in [1.165, 1.54) is 27.4 Å². The predicted molar refractivity (Wildman–Crippen MR) is 161 cm³/mol. The number of nitrogens with one attached hydrogen (secondary N) is 3. The van der Waals surface area contributed by atoms with Crippen LogP contribution in [0.5, 0.6) is 0 Å². The van der Waals surface area contributed by atoms with E-state index in [9.17, 15) is 14.4 Å². The molecular formula is C33H38N4O5. The number of carbonyl (C=O) groups is 3. The van der Waals surface area contributed by atoms with Crippen LogP contribution in [0.3, 0.4) is 0 Å². The Morgan fingerprint density at radius 1 is 1.00 bits per heavy atom. The summed E-state index contributed by atoms with van der Waals surface area (Å²) in [5.74, 6) is -0.525. The van der Waals surface area contributed by atoms with Crippen molar-refractivity contribution < 1.29 is 23.9 Å². The number of hydrogen-bond donors (Lipinski definition) is 3. The second-order valence-electron chi connectivity index (χ2n) is 11.8. The molecule has 0 spiro atoms. The number of rotatable bonds is 8. The molecule has 2 amide bonds. The molecule has 1 saturated heterocycles. The number of ether oxygens (including phenoxy) is 2. The minimum absolute atomic E-state index is 0.0721. The van der Waals surface area contributed by atoms with E-state index < -0.39 is 5.97 Å². The number of H-pyrrole nitrogens is 2. The highest BCUT2D eigenvalue weighted by Gasteiger charge is 2.27. The van der Waals surface area contributed by atoms with Crippen molar-refractivity contribution in [3.8, 4) is 0 Å². The number of aromatic amines is 2. The van der Waals surface area contributed by atoms with Crippen LogP contribution in [-0.4, -0.2) is 72.6 Å². The first-order valence-electron chi connectivity index (χ1n) is 14.8. The molecule has 3 heterocycles. The molecule has 3 N–H and O–H groups in total. The first-order chi connectivity index (χ1) is 20.3. The van der Waals surface area contributed by atoms with Gasteiger partial charge in [-0.2, -0.15) is 0 Å². The Morgan fingerprint density at radius 3 is 2.52 bits per heavy atom. The second kappa shape index (κ2) is 11.6. The maximum Gasteiger partial charge on any atom is 0.338 e. The maximum absolute atomic E-state index is 12.8. The van der Waals surface area contributed by atoms with E-state index in [4.69, 9.17) is 9.47 Å². The Balaban J connectivity index is 1.20. The third kappa shape index (κ3) is 5.53. The van der Waals surface area contributed by atoms with E-state index in [1.807, 2.05) is 30.3 Å². The highest BCUT2D eigenvalue weighted by molar-refractivity contribution is 5.99. The van der Waals surface area contributed by atoms with Gasteiger partial charge in [0.2, 0.25) is 0 Å². The van der Waals surface area contributed by atoms with Crippen molar-refractivity contribution in [2.24, 2.45) is 0 Å². The molecular weight excluding hydrogens is 532 g/mol. The first kappa shape index (κ1) is 28.0. The summed E-state index contributed by atoms with van der Waals surface area (Å²) in [6, 6.07) is 11.4. The van der Waals surface area contributed by atoms with Gasteiger partial charge in [0, 0.05) is 71.9 Å². The van der Waals surface area contributed by atoms with Crippen LogP contribution in [0.1, 0.15) is 74.8 Å². The highest BCUT2D eigenvalue weighted by Crippen LogP contribution is 2.39. The van der Waals surface area contributed by atoms with Gasteiger partial charge in [0.15, 0.2) is 6.61 Å². The van der Waals surface area contributed by atoms with Gasteiger partial charge in [0.25, 0.3) is 11.8 Å². The molecule has 4 aromatic rings. The number of aromatic nitrogens is 2. The minimum atomic E-state index is -0.497. The topological polar surface area (TPSA) is 117 Å². The van der Waals surface area contributed by atoms with Gasteiger partial charge in [0.1, 0.15) is 0 Å². The number of nitrogens with zero attached hydrogens (tertiary/aromatic N) is 1. The molecule has 9 heteroatoms. The summed E-state index contributed by atoms with van der Waals surface area (Å²) in [6.45, 7) is 3.16. The second-order valence-corrected chi connectivity index (χ2v) is 11.8. The normalized spacial score (nSPS) is 18.3. The lowest BCUT2D eigenvalue weighted by molar-refractivity contribution is -0.131. The fourth-order valence-corrected chi connectivity index (χ4v) is 6.31. The molecule has 9 nitrogen and oxygen atoms in total. The van der Waals surface area contributed by atoms with Crippen LogP contribution >= 0.6 is 0 Å². The van der Waals surface area contributed by atoms with Gasteiger partial charge >= 0.3 is 5.97 Å². The van der Waals surface area contributed by atoms with Crippen LogP contribution in [0.15, 0.2) is 36.4 Å². The zero-order valence-corrected chi connectivity index (χ0v) is 24.5. The Labute approximate surface area is 244 Å². The Kier molecular flexibility index (Phi) is 7.77. The van der Waals surface area contributed by atoms with Crippen molar-refractivity contribution in [3.63, 3.8) is 0 Å². The Bertz CT molecular complexity index is 1660. The molecule has 2 aliphatic rings. The molecule has 220 valence electrons. The quantitative estimate of drug-likeness (QED) is 0.264. The molecule has 2 aromatic carbocycles. The average molecular weight is 571 g/mol.